The summed E-state index contributed by atoms with van der Waals surface area (Å²) in [6.07, 6.45) is 0. The van der Waals surface area contributed by atoms with Gasteiger partial charge < -0.3 is 4.55 Å². The Morgan fingerprint density at radius 2 is 2.25 bits per heavy atom. The van der Waals surface area contributed by atoms with Gasteiger partial charge in [-0.3, -0.25) is 10.1 Å². The van der Waals surface area contributed by atoms with Gasteiger partial charge in [-0.15, -0.1) is 0 Å². The molecule has 12 heavy (non-hydrogen) atoms. The Labute approximate surface area is 73.6 Å². The highest BCUT2D eigenvalue weighted by Crippen LogP contribution is 2.26. The molecule has 1 aromatic rings. The second-order valence-corrected chi connectivity index (χ2v) is 2.87. The van der Waals surface area contributed by atoms with Crippen molar-refractivity contribution in [2.45, 2.75) is 11.8 Å². The van der Waals surface area contributed by atoms with Gasteiger partial charge in [0.25, 0.3) is 5.69 Å². The lowest BCUT2D eigenvalue weighted by molar-refractivity contribution is -0.385. The number of hydrogen-bond donors (Lipinski definition) is 1. The van der Waals surface area contributed by atoms with E-state index in [4.69, 9.17) is 4.55 Å². The first kappa shape index (κ1) is 9.02. The predicted molar refractivity (Wildman–Crippen MR) is 46.3 cm³/mol. The summed E-state index contributed by atoms with van der Waals surface area (Å²) in [5.41, 5.74) is 0.532. The van der Waals surface area contributed by atoms with Gasteiger partial charge in [-0.1, -0.05) is 6.07 Å². The molecule has 0 saturated heterocycles. The van der Waals surface area contributed by atoms with Crippen LogP contribution in [0.2, 0.25) is 0 Å². The molecule has 0 saturated carbocycles. The zero-order valence-electron chi connectivity index (χ0n) is 6.35. The van der Waals surface area contributed by atoms with Crippen LogP contribution in [-0.4, -0.2) is 9.48 Å². The molecule has 0 aliphatic heterocycles. The Balaban J connectivity index is 3.23. The monoisotopic (exact) mass is 185 g/mol. The highest BCUT2D eigenvalue weighted by atomic mass is 32.2. The SMILES string of the molecule is Cc1c(SO)cccc1[N+](=O)[O-]. The molecule has 0 spiro atoms. The summed E-state index contributed by atoms with van der Waals surface area (Å²) in [5, 5.41) is 10.4. The Hall–Kier alpha value is -1.07. The van der Waals surface area contributed by atoms with E-state index in [9.17, 15) is 10.1 Å². The number of nitro groups is 1. The normalized spacial score (nSPS) is 9.83. The molecule has 1 rings (SSSR count). The topological polar surface area (TPSA) is 63.4 Å². The van der Waals surface area contributed by atoms with E-state index in [2.05, 4.69) is 0 Å². The van der Waals surface area contributed by atoms with E-state index in [1.165, 1.54) is 6.07 Å². The maximum absolute atomic E-state index is 10.4. The van der Waals surface area contributed by atoms with Crippen molar-refractivity contribution in [2.75, 3.05) is 0 Å². The predicted octanol–water partition coefficient (Wildman–Crippen LogP) is 2.47. The minimum atomic E-state index is -0.463. The van der Waals surface area contributed by atoms with E-state index >= 15 is 0 Å². The maximum Gasteiger partial charge on any atom is 0.273 e. The van der Waals surface area contributed by atoms with Gasteiger partial charge in [-0.25, -0.2) is 0 Å². The van der Waals surface area contributed by atoms with Crippen molar-refractivity contribution >= 4 is 17.7 Å². The smallest absolute Gasteiger partial charge is 0.273 e. The zero-order valence-corrected chi connectivity index (χ0v) is 7.17. The molecule has 1 aromatic carbocycles. The number of benzene rings is 1. The first-order chi connectivity index (χ1) is 5.66. The number of nitrogens with zero attached hydrogens (tertiary/aromatic N) is 1. The molecule has 0 aliphatic rings. The lowest BCUT2D eigenvalue weighted by Crippen LogP contribution is -1.92. The average Bonchev–Trinajstić information content (AvgIpc) is 2.04. The molecule has 0 aromatic heterocycles. The van der Waals surface area contributed by atoms with Crippen LogP contribution in [0, 0.1) is 17.0 Å². The standard InChI is InChI=1S/C7H7NO3S/c1-5-6(8(9)10)3-2-4-7(5)12-11/h2-4,11H,1H3. The zero-order chi connectivity index (χ0) is 9.14. The molecule has 0 bridgehead atoms. The fourth-order valence-corrected chi connectivity index (χ4v) is 1.28. The fourth-order valence-electron chi connectivity index (χ4n) is 0.900. The third-order valence-electron chi connectivity index (χ3n) is 1.55. The van der Waals surface area contributed by atoms with E-state index in [1.54, 1.807) is 19.1 Å². The summed E-state index contributed by atoms with van der Waals surface area (Å²) in [6.45, 7) is 1.61. The van der Waals surface area contributed by atoms with Gasteiger partial charge in [0, 0.05) is 28.6 Å². The molecule has 0 fully saturated rings. The fraction of sp³-hybridized carbons (Fsp3) is 0.143. The van der Waals surface area contributed by atoms with Gasteiger partial charge >= 0.3 is 0 Å². The van der Waals surface area contributed by atoms with Crippen LogP contribution in [0.5, 0.6) is 0 Å². The van der Waals surface area contributed by atoms with Crippen molar-refractivity contribution < 1.29 is 9.48 Å². The third kappa shape index (κ3) is 1.57. The summed E-state index contributed by atoms with van der Waals surface area (Å²) in [5.74, 6) is 0. The molecule has 0 radical (unpaired) electrons. The van der Waals surface area contributed by atoms with Gasteiger partial charge in [0.05, 0.1) is 4.92 Å². The Bertz CT molecular complexity index is 314. The molecule has 1 N–H and O–H groups in total. The molecule has 0 unspecified atom stereocenters. The molecular weight excluding hydrogens is 178 g/mol. The maximum atomic E-state index is 10.4. The van der Waals surface area contributed by atoms with E-state index in [-0.39, 0.29) is 5.69 Å². The van der Waals surface area contributed by atoms with Crippen LogP contribution in [0.25, 0.3) is 0 Å². The molecule has 0 aliphatic carbocycles. The van der Waals surface area contributed by atoms with Crippen LogP contribution >= 0.6 is 12.0 Å². The largest absolute Gasteiger partial charge is 0.325 e. The number of hydrogen-bond acceptors (Lipinski definition) is 4. The summed E-state index contributed by atoms with van der Waals surface area (Å²) in [6, 6.07) is 4.59. The number of rotatable bonds is 2. The van der Waals surface area contributed by atoms with Crippen LogP contribution < -0.4 is 0 Å². The minimum Gasteiger partial charge on any atom is -0.325 e. The van der Waals surface area contributed by atoms with Crippen molar-refractivity contribution in [3.63, 3.8) is 0 Å². The van der Waals surface area contributed by atoms with Gasteiger partial charge in [0.15, 0.2) is 0 Å². The highest BCUT2D eigenvalue weighted by Gasteiger charge is 2.12. The summed E-state index contributed by atoms with van der Waals surface area (Å²) >= 11 is 0.523. The third-order valence-corrected chi connectivity index (χ3v) is 2.19. The highest BCUT2D eigenvalue weighted by molar-refractivity contribution is 7.93. The first-order valence-electron chi connectivity index (χ1n) is 3.22. The van der Waals surface area contributed by atoms with Gasteiger partial charge in [0.1, 0.15) is 0 Å². The average molecular weight is 185 g/mol. The van der Waals surface area contributed by atoms with Crippen LogP contribution in [0.3, 0.4) is 0 Å². The van der Waals surface area contributed by atoms with Crippen LogP contribution in [0.15, 0.2) is 23.1 Å². The van der Waals surface area contributed by atoms with Crippen molar-refractivity contribution in [2.24, 2.45) is 0 Å². The van der Waals surface area contributed by atoms with Gasteiger partial charge in [-0.2, -0.15) is 0 Å². The van der Waals surface area contributed by atoms with Crippen LogP contribution in [-0.2, 0) is 0 Å². The van der Waals surface area contributed by atoms with Crippen molar-refractivity contribution in [3.8, 4) is 0 Å². The lowest BCUT2D eigenvalue weighted by atomic mass is 10.2. The molecule has 0 heterocycles. The Morgan fingerprint density at radius 1 is 1.58 bits per heavy atom. The first-order valence-corrected chi connectivity index (χ1v) is 3.99. The van der Waals surface area contributed by atoms with Crippen molar-refractivity contribution in [1.29, 1.82) is 0 Å². The van der Waals surface area contributed by atoms with Crippen molar-refractivity contribution in [1.82, 2.24) is 0 Å². The van der Waals surface area contributed by atoms with E-state index in [0.717, 1.165) is 0 Å². The molecule has 0 amide bonds. The van der Waals surface area contributed by atoms with E-state index in [0.29, 0.717) is 22.5 Å². The second-order valence-electron chi connectivity index (χ2n) is 2.25. The van der Waals surface area contributed by atoms with E-state index in [1.807, 2.05) is 0 Å². The molecule has 0 atom stereocenters. The molecule has 5 heteroatoms. The minimum absolute atomic E-state index is 0.0362. The summed E-state index contributed by atoms with van der Waals surface area (Å²) in [7, 11) is 0. The molecule has 64 valence electrons. The van der Waals surface area contributed by atoms with Gasteiger partial charge in [-0.05, 0) is 13.0 Å². The summed E-state index contributed by atoms with van der Waals surface area (Å²) < 4.78 is 8.72. The quantitative estimate of drug-likeness (QED) is 0.436. The molecule has 4 nitrogen and oxygen atoms in total. The Kier molecular flexibility index (Phi) is 2.67. The van der Waals surface area contributed by atoms with Crippen LogP contribution in [0.1, 0.15) is 5.56 Å². The van der Waals surface area contributed by atoms with Crippen LogP contribution in [0.4, 0.5) is 5.69 Å². The van der Waals surface area contributed by atoms with Crippen molar-refractivity contribution in [3.05, 3.63) is 33.9 Å². The second kappa shape index (κ2) is 3.55. The summed E-state index contributed by atoms with van der Waals surface area (Å²) in [4.78, 5) is 10.5. The molecular formula is C7H7NO3S. The lowest BCUT2D eigenvalue weighted by Gasteiger charge is -2.00. The number of nitro benzene ring substituents is 1. The van der Waals surface area contributed by atoms with Gasteiger partial charge in [0.2, 0.25) is 0 Å². The Morgan fingerprint density at radius 3 is 2.75 bits per heavy atom. The van der Waals surface area contributed by atoms with E-state index < -0.39 is 4.92 Å².